The minimum atomic E-state index is -2.34. The van der Waals surface area contributed by atoms with Crippen LogP contribution in [0.3, 0.4) is 0 Å². The molecular weight excluding hydrogens is 720 g/mol. The molecular formula is C39H42N2O14. The number of imide groups is 1. The van der Waals surface area contributed by atoms with Gasteiger partial charge in [-0.05, 0) is 44.6 Å². The van der Waals surface area contributed by atoms with Crippen LogP contribution in [0.5, 0.6) is 17.2 Å². The van der Waals surface area contributed by atoms with E-state index in [-0.39, 0.29) is 64.6 Å². The first-order valence-electron chi connectivity index (χ1n) is 18.2. The molecule has 0 radical (unpaired) electrons. The summed E-state index contributed by atoms with van der Waals surface area (Å²) in [4.78, 5) is 79.3. The molecule has 3 aliphatic carbocycles. The zero-order chi connectivity index (χ0) is 39.5. The van der Waals surface area contributed by atoms with Crippen LogP contribution in [0, 0.1) is 11.8 Å². The molecule has 6 N–H and O–H groups in total. The van der Waals surface area contributed by atoms with Crippen molar-refractivity contribution in [2.24, 2.45) is 11.8 Å². The van der Waals surface area contributed by atoms with E-state index in [9.17, 15) is 54.3 Å². The summed E-state index contributed by atoms with van der Waals surface area (Å²) < 4.78 is 17.5. The lowest BCUT2D eigenvalue weighted by Gasteiger charge is -2.43. The zero-order valence-electron chi connectivity index (χ0n) is 30.1. The molecule has 16 heteroatoms. The van der Waals surface area contributed by atoms with Gasteiger partial charge in [0, 0.05) is 60.6 Å². The Balaban J connectivity index is 1.13. The number of benzene rings is 2. The van der Waals surface area contributed by atoms with Gasteiger partial charge in [-0.15, -0.1) is 0 Å². The number of rotatable bonds is 9. The van der Waals surface area contributed by atoms with E-state index < -0.39 is 102 Å². The van der Waals surface area contributed by atoms with Crippen molar-refractivity contribution in [3.63, 3.8) is 0 Å². The number of hydrogen-bond acceptors (Lipinski definition) is 14. The fourth-order valence-electron chi connectivity index (χ4n) is 8.64. The average Bonchev–Trinajstić information content (AvgIpc) is 3.48. The standard InChI is InChI=1S/C39H42N2O14/c1-17-33(46)22(40-38(51)19-8-6-18(7-9-19)15-41-26(44)10-11-27(41)45)12-28(54-17)55-24-14-39(52,25(43)16-42)13-21-30(24)37(50)32-31(35(21)48)34(47)20-4-3-5-23(53-2)29(20)36(32)49/h3-5,10-11,17-19,22,24,28,33,42,46,48,50,52H,6-9,12-16H2,1-2H3,(H,40,51)/t17-,18?,19?,22-,24-,28?,33+,39-/m0/s1. The van der Waals surface area contributed by atoms with Crippen molar-refractivity contribution in [3.8, 4) is 17.2 Å². The number of carbonyl (C=O) groups excluding carboxylic acids is 6. The molecule has 2 heterocycles. The summed E-state index contributed by atoms with van der Waals surface area (Å²) in [6.07, 6.45) is -1.42. The Hall–Kier alpha value is -5.00. The number of carbonyl (C=O) groups is 6. The molecule has 292 valence electrons. The number of hydrogen-bond donors (Lipinski definition) is 6. The number of methoxy groups -OCH3 is 1. The number of aliphatic hydroxyl groups excluding tert-OH is 2. The number of phenols is 2. The fraction of sp³-hybridized carbons (Fsp3) is 0.487. The zero-order valence-corrected chi connectivity index (χ0v) is 30.1. The summed E-state index contributed by atoms with van der Waals surface area (Å²) in [5.41, 5.74) is -4.03. The van der Waals surface area contributed by atoms with Gasteiger partial charge >= 0.3 is 0 Å². The first-order chi connectivity index (χ1) is 26.2. The Labute approximate surface area is 314 Å². The number of aromatic hydroxyl groups is 2. The number of phenolic OH excluding ortho intramolecular Hbond substituents is 2. The van der Waals surface area contributed by atoms with E-state index in [1.165, 1.54) is 42.4 Å². The van der Waals surface area contributed by atoms with Gasteiger partial charge in [-0.25, -0.2) is 0 Å². The number of ether oxygens (including phenoxy) is 3. The van der Waals surface area contributed by atoms with Gasteiger partial charge in [-0.1, -0.05) is 12.1 Å². The van der Waals surface area contributed by atoms with Gasteiger partial charge in [0.25, 0.3) is 11.8 Å². The van der Waals surface area contributed by atoms with E-state index in [2.05, 4.69) is 5.32 Å². The van der Waals surface area contributed by atoms with E-state index in [0.29, 0.717) is 25.7 Å². The minimum Gasteiger partial charge on any atom is -0.507 e. The number of nitrogens with zero attached hydrogens (tertiary/aromatic N) is 1. The summed E-state index contributed by atoms with van der Waals surface area (Å²) >= 11 is 0. The predicted molar refractivity (Wildman–Crippen MR) is 187 cm³/mol. The highest BCUT2D eigenvalue weighted by atomic mass is 16.7. The van der Waals surface area contributed by atoms with Crippen LogP contribution in [0.2, 0.25) is 0 Å². The van der Waals surface area contributed by atoms with E-state index in [1.54, 1.807) is 6.92 Å². The topological polar surface area (TPSA) is 247 Å². The van der Waals surface area contributed by atoms with Crippen molar-refractivity contribution < 1.29 is 68.5 Å². The van der Waals surface area contributed by atoms with Crippen molar-refractivity contribution in [2.45, 2.75) is 88.1 Å². The SMILES string of the molecule is COc1cccc2c1C(=O)c1c(O)c3c(c(O)c1C2=O)C[C@@](O)(C(=O)CO)C[C@@H]3OC1C[C@H](NC(=O)C2CCC(CN3C(=O)C=CC3=O)CC2)[C@H](O)[C@H](C)O1. The van der Waals surface area contributed by atoms with E-state index in [4.69, 9.17) is 14.2 Å². The Morgan fingerprint density at radius 3 is 2.31 bits per heavy atom. The van der Waals surface area contributed by atoms with Crippen LogP contribution in [-0.2, 0) is 35.1 Å². The predicted octanol–water partition coefficient (Wildman–Crippen LogP) is 0.890. The lowest BCUT2D eigenvalue weighted by molar-refractivity contribution is -0.249. The molecule has 1 saturated heterocycles. The molecule has 5 aliphatic rings. The molecule has 16 nitrogen and oxygen atoms in total. The first-order valence-corrected chi connectivity index (χ1v) is 18.2. The van der Waals surface area contributed by atoms with Gasteiger partial charge in [-0.2, -0.15) is 0 Å². The van der Waals surface area contributed by atoms with Crippen LogP contribution in [0.15, 0.2) is 30.4 Å². The highest BCUT2D eigenvalue weighted by molar-refractivity contribution is 6.31. The van der Waals surface area contributed by atoms with E-state index in [0.717, 1.165) is 0 Å². The molecule has 0 bridgehead atoms. The van der Waals surface area contributed by atoms with Crippen LogP contribution < -0.4 is 10.1 Å². The molecule has 2 aromatic rings. The summed E-state index contributed by atoms with van der Waals surface area (Å²) in [7, 11) is 1.31. The van der Waals surface area contributed by atoms with Crippen molar-refractivity contribution in [1.82, 2.24) is 10.2 Å². The second-order valence-corrected chi connectivity index (χ2v) is 14.9. The highest BCUT2D eigenvalue weighted by Gasteiger charge is 2.50. The smallest absolute Gasteiger partial charge is 0.253 e. The molecule has 55 heavy (non-hydrogen) atoms. The maximum absolute atomic E-state index is 13.9. The molecule has 3 amide bonds. The van der Waals surface area contributed by atoms with Crippen molar-refractivity contribution >= 4 is 35.1 Å². The Bertz CT molecular complexity index is 2000. The Morgan fingerprint density at radius 2 is 1.65 bits per heavy atom. The van der Waals surface area contributed by atoms with Gasteiger partial charge in [0.05, 0.1) is 42.0 Å². The number of nitrogens with one attached hydrogen (secondary N) is 1. The molecule has 0 spiro atoms. The van der Waals surface area contributed by atoms with Gasteiger partial charge in [0.2, 0.25) is 11.7 Å². The molecule has 1 saturated carbocycles. The van der Waals surface area contributed by atoms with Crippen LogP contribution >= 0.6 is 0 Å². The summed E-state index contributed by atoms with van der Waals surface area (Å²) in [6.45, 7) is 0.751. The third kappa shape index (κ3) is 6.61. The number of Topliss-reactive ketones (excluding diaryl/α,β-unsaturated/α-hetero) is 1. The third-order valence-corrected chi connectivity index (χ3v) is 11.6. The molecule has 2 aromatic carbocycles. The highest BCUT2D eigenvalue weighted by Crippen LogP contribution is 2.52. The van der Waals surface area contributed by atoms with Crippen molar-refractivity contribution in [3.05, 3.63) is 63.7 Å². The molecule has 6 atom stereocenters. The van der Waals surface area contributed by atoms with Crippen LogP contribution in [0.4, 0.5) is 0 Å². The average molecular weight is 763 g/mol. The summed E-state index contributed by atoms with van der Waals surface area (Å²) in [5, 5.41) is 58.7. The van der Waals surface area contributed by atoms with Crippen LogP contribution in [0.25, 0.3) is 0 Å². The maximum Gasteiger partial charge on any atom is 0.253 e. The Morgan fingerprint density at radius 1 is 0.982 bits per heavy atom. The minimum absolute atomic E-state index is 0.0460. The largest absolute Gasteiger partial charge is 0.507 e. The quantitative estimate of drug-likeness (QED) is 0.131. The molecule has 2 fully saturated rings. The van der Waals surface area contributed by atoms with E-state index in [1.807, 2.05) is 0 Å². The maximum atomic E-state index is 13.9. The van der Waals surface area contributed by atoms with Gasteiger partial charge in [0.15, 0.2) is 17.9 Å². The first kappa shape index (κ1) is 38.3. The lowest BCUT2D eigenvalue weighted by Crippen LogP contribution is -2.56. The lowest BCUT2D eigenvalue weighted by atomic mass is 9.72. The monoisotopic (exact) mass is 762 g/mol. The second-order valence-electron chi connectivity index (χ2n) is 14.9. The number of amides is 3. The molecule has 2 aliphatic heterocycles. The molecule has 0 aromatic heterocycles. The molecule has 7 rings (SSSR count). The van der Waals surface area contributed by atoms with Crippen LogP contribution in [0.1, 0.15) is 94.5 Å². The summed E-state index contributed by atoms with van der Waals surface area (Å²) in [5.74, 6) is -5.44. The normalized spacial score (nSPS) is 30.1. The summed E-state index contributed by atoms with van der Waals surface area (Å²) in [6, 6.07) is 3.42. The van der Waals surface area contributed by atoms with Gasteiger partial charge in [0.1, 0.15) is 35.6 Å². The van der Waals surface area contributed by atoms with Crippen LogP contribution in [-0.4, -0.2) is 116 Å². The van der Waals surface area contributed by atoms with Gasteiger partial charge < -0.3 is 45.1 Å². The van der Waals surface area contributed by atoms with Crippen molar-refractivity contribution in [1.29, 1.82) is 0 Å². The Kier molecular flexibility index (Phi) is 10.1. The molecule has 1 unspecified atom stereocenters. The number of ketones is 3. The number of fused-ring (bicyclic) bond motifs is 3. The fourth-order valence-corrected chi connectivity index (χ4v) is 8.64. The van der Waals surface area contributed by atoms with E-state index >= 15 is 0 Å². The van der Waals surface area contributed by atoms with Crippen molar-refractivity contribution in [2.75, 3.05) is 20.3 Å². The second kappa shape index (κ2) is 14.6. The third-order valence-electron chi connectivity index (χ3n) is 11.6. The van der Waals surface area contributed by atoms with Gasteiger partial charge in [-0.3, -0.25) is 33.7 Å². The number of aliphatic hydroxyl groups is 3.